The van der Waals surface area contributed by atoms with Gasteiger partial charge in [0, 0.05) is 30.7 Å². The molecule has 1 saturated heterocycles. The predicted octanol–water partition coefficient (Wildman–Crippen LogP) is 2.46. The lowest BCUT2D eigenvalue weighted by atomic mass is 10.0. The Balaban J connectivity index is 1.76. The van der Waals surface area contributed by atoms with Crippen LogP contribution in [0.25, 0.3) is 0 Å². The Labute approximate surface area is 125 Å². The van der Waals surface area contributed by atoms with Gasteiger partial charge in [-0.25, -0.2) is 4.79 Å². The van der Waals surface area contributed by atoms with Crippen molar-refractivity contribution < 1.29 is 9.59 Å². The van der Waals surface area contributed by atoms with Gasteiger partial charge < -0.3 is 15.5 Å². The van der Waals surface area contributed by atoms with Gasteiger partial charge in [0.15, 0.2) is 0 Å². The zero-order valence-electron chi connectivity index (χ0n) is 12.6. The van der Waals surface area contributed by atoms with Gasteiger partial charge in [-0.1, -0.05) is 32.0 Å². The summed E-state index contributed by atoms with van der Waals surface area (Å²) in [6.07, 6.45) is 1.61. The van der Waals surface area contributed by atoms with Crippen LogP contribution in [0.15, 0.2) is 30.3 Å². The van der Waals surface area contributed by atoms with Gasteiger partial charge in [0.05, 0.1) is 0 Å². The Morgan fingerprint density at radius 2 is 1.76 bits per heavy atom. The van der Waals surface area contributed by atoms with Crippen LogP contribution >= 0.6 is 0 Å². The smallest absolute Gasteiger partial charge is 0.319 e. The molecule has 0 aromatic heterocycles. The Hall–Kier alpha value is -2.04. The van der Waals surface area contributed by atoms with Gasteiger partial charge in [0.25, 0.3) is 0 Å². The molecule has 1 aliphatic heterocycles. The molecule has 0 aliphatic carbocycles. The number of rotatable bonds is 3. The molecule has 1 heterocycles. The summed E-state index contributed by atoms with van der Waals surface area (Å²) in [7, 11) is 0. The van der Waals surface area contributed by atoms with E-state index in [4.69, 9.17) is 0 Å². The highest BCUT2D eigenvalue weighted by molar-refractivity contribution is 5.89. The predicted molar refractivity (Wildman–Crippen MR) is 83.0 cm³/mol. The molecular weight excluding hydrogens is 266 g/mol. The Morgan fingerprint density at radius 1 is 1.14 bits per heavy atom. The van der Waals surface area contributed by atoms with Crippen molar-refractivity contribution in [1.29, 1.82) is 0 Å². The Kier molecular flexibility index (Phi) is 5.20. The van der Waals surface area contributed by atoms with Crippen LogP contribution in [0.3, 0.4) is 0 Å². The number of carbonyl (C=O) groups is 2. The van der Waals surface area contributed by atoms with Gasteiger partial charge in [-0.05, 0) is 25.0 Å². The van der Waals surface area contributed by atoms with Gasteiger partial charge >= 0.3 is 6.03 Å². The largest absolute Gasteiger partial charge is 0.342 e. The summed E-state index contributed by atoms with van der Waals surface area (Å²) in [6, 6.07) is 9.31. The fourth-order valence-corrected chi connectivity index (χ4v) is 2.48. The zero-order valence-corrected chi connectivity index (χ0v) is 12.6. The van der Waals surface area contributed by atoms with Gasteiger partial charge in [-0.3, -0.25) is 4.79 Å². The number of para-hydroxylation sites is 1. The number of nitrogens with zero attached hydrogens (tertiary/aromatic N) is 1. The molecule has 0 atom stereocenters. The molecular formula is C16H23N3O2. The molecule has 1 aromatic carbocycles. The number of hydrogen-bond acceptors (Lipinski definition) is 2. The second kappa shape index (κ2) is 7.11. The highest BCUT2D eigenvalue weighted by Gasteiger charge is 2.24. The zero-order chi connectivity index (χ0) is 15.2. The van der Waals surface area contributed by atoms with E-state index in [-0.39, 0.29) is 23.9 Å². The van der Waals surface area contributed by atoms with Crippen molar-refractivity contribution in [3.05, 3.63) is 30.3 Å². The van der Waals surface area contributed by atoms with Crippen molar-refractivity contribution in [3.63, 3.8) is 0 Å². The molecule has 0 saturated carbocycles. The van der Waals surface area contributed by atoms with E-state index in [1.165, 1.54) is 0 Å². The highest BCUT2D eigenvalue weighted by atomic mass is 16.2. The minimum absolute atomic E-state index is 0.0379. The molecule has 3 amide bonds. The maximum Gasteiger partial charge on any atom is 0.319 e. The topological polar surface area (TPSA) is 61.4 Å². The third-order valence-corrected chi connectivity index (χ3v) is 3.67. The Bertz CT molecular complexity index is 480. The average molecular weight is 289 g/mol. The SMILES string of the molecule is CC(C)C(=O)N1CCC(NC(=O)Nc2ccccc2)CC1. The van der Waals surface area contributed by atoms with Crippen LogP contribution in [0.4, 0.5) is 10.5 Å². The Morgan fingerprint density at radius 3 is 2.33 bits per heavy atom. The van der Waals surface area contributed by atoms with Gasteiger partial charge in [0.2, 0.25) is 5.91 Å². The lowest BCUT2D eigenvalue weighted by Crippen LogP contribution is -2.48. The van der Waals surface area contributed by atoms with Gasteiger partial charge in [-0.2, -0.15) is 0 Å². The number of hydrogen-bond donors (Lipinski definition) is 2. The number of piperidine rings is 1. The third kappa shape index (κ3) is 4.48. The molecule has 0 spiro atoms. The number of anilines is 1. The maximum absolute atomic E-state index is 11.9. The molecule has 2 N–H and O–H groups in total. The number of amides is 3. The van der Waals surface area contributed by atoms with Crippen LogP contribution in [0.5, 0.6) is 0 Å². The van der Waals surface area contributed by atoms with Crippen LogP contribution in [-0.2, 0) is 4.79 Å². The molecule has 0 radical (unpaired) electrons. The van der Waals surface area contributed by atoms with Crippen molar-refractivity contribution >= 4 is 17.6 Å². The summed E-state index contributed by atoms with van der Waals surface area (Å²) in [6.45, 7) is 5.26. The molecule has 5 heteroatoms. The quantitative estimate of drug-likeness (QED) is 0.898. The van der Waals surface area contributed by atoms with E-state index in [0.29, 0.717) is 13.1 Å². The monoisotopic (exact) mass is 289 g/mol. The molecule has 0 bridgehead atoms. The first-order valence-corrected chi connectivity index (χ1v) is 7.47. The van der Waals surface area contributed by atoms with Crippen LogP contribution in [0.2, 0.25) is 0 Å². The summed E-state index contributed by atoms with van der Waals surface area (Å²) < 4.78 is 0. The van der Waals surface area contributed by atoms with E-state index >= 15 is 0 Å². The van der Waals surface area contributed by atoms with Crippen LogP contribution in [0, 0.1) is 5.92 Å². The molecule has 1 fully saturated rings. The fourth-order valence-electron chi connectivity index (χ4n) is 2.48. The molecule has 2 rings (SSSR count). The molecule has 114 valence electrons. The summed E-state index contributed by atoms with van der Waals surface area (Å²) >= 11 is 0. The molecule has 21 heavy (non-hydrogen) atoms. The summed E-state index contributed by atoms with van der Waals surface area (Å²) in [5, 5.41) is 5.78. The van der Waals surface area contributed by atoms with E-state index in [1.807, 2.05) is 49.1 Å². The third-order valence-electron chi connectivity index (χ3n) is 3.67. The second-order valence-corrected chi connectivity index (χ2v) is 5.72. The van der Waals surface area contributed by atoms with Gasteiger partial charge in [-0.15, -0.1) is 0 Å². The van der Waals surface area contributed by atoms with E-state index in [1.54, 1.807) is 0 Å². The van der Waals surface area contributed by atoms with E-state index < -0.39 is 0 Å². The standard InChI is InChI=1S/C16H23N3O2/c1-12(2)15(20)19-10-8-14(9-11-19)18-16(21)17-13-6-4-3-5-7-13/h3-7,12,14H,8-11H2,1-2H3,(H2,17,18,21). The minimum Gasteiger partial charge on any atom is -0.342 e. The number of urea groups is 1. The summed E-state index contributed by atoms with van der Waals surface area (Å²) in [5.74, 6) is 0.234. The average Bonchev–Trinajstić information content (AvgIpc) is 2.48. The number of benzene rings is 1. The van der Waals surface area contributed by atoms with E-state index in [2.05, 4.69) is 10.6 Å². The number of carbonyl (C=O) groups excluding carboxylic acids is 2. The lowest BCUT2D eigenvalue weighted by Gasteiger charge is -2.33. The molecule has 5 nitrogen and oxygen atoms in total. The molecule has 1 aromatic rings. The first-order chi connectivity index (χ1) is 10.1. The second-order valence-electron chi connectivity index (χ2n) is 5.72. The van der Waals surface area contributed by atoms with E-state index in [0.717, 1.165) is 18.5 Å². The van der Waals surface area contributed by atoms with Crippen molar-refractivity contribution in [2.24, 2.45) is 5.92 Å². The normalized spacial score (nSPS) is 15.9. The van der Waals surface area contributed by atoms with Gasteiger partial charge in [0.1, 0.15) is 0 Å². The van der Waals surface area contributed by atoms with Crippen LogP contribution in [-0.4, -0.2) is 36.0 Å². The van der Waals surface area contributed by atoms with Crippen molar-refractivity contribution in [1.82, 2.24) is 10.2 Å². The van der Waals surface area contributed by atoms with Crippen molar-refractivity contribution in [2.75, 3.05) is 18.4 Å². The summed E-state index contributed by atoms with van der Waals surface area (Å²) in [5.41, 5.74) is 0.780. The first-order valence-electron chi connectivity index (χ1n) is 7.47. The maximum atomic E-state index is 11.9. The number of likely N-dealkylation sites (tertiary alicyclic amines) is 1. The minimum atomic E-state index is -0.185. The summed E-state index contributed by atoms with van der Waals surface area (Å²) in [4.78, 5) is 25.7. The fraction of sp³-hybridized carbons (Fsp3) is 0.500. The highest BCUT2D eigenvalue weighted by Crippen LogP contribution is 2.13. The molecule has 0 unspecified atom stereocenters. The van der Waals surface area contributed by atoms with Crippen molar-refractivity contribution in [2.45, 2.75) is 32.7 Å². The van der Waals surface area contributed by atoms with E-state index in [9.17, 15) is 9.59 Å². The first kappa shape index (κ1) is 15.4. The van der Waals surface area contributed by atoms with Crippen molar-refractivity contribution in [3.8, 4) is 0 Å². The van der Waals surface area contributed by atoms with Crippen LogP contribution < -0.4 is 10.6 Å². The van der Waals surface area contributed by atoms with Crippen LogP contribution in [0.1, 0.15) is 26.7 Å². The number of nitrogens with one attached hydrogen (secondary N) is 2. The lowest BCUT2D eigenvalue weighted by molar-refractivity contribution is -0.135. The molecule has 1 aliphatic rings.